The molecule has 4 aromatic rings. The van der Waals surface area contributed by atoms with Gasteiger partial charge in [0.25, 0.3) is 0 Å². The lowest BCUT2D eigenvalue weighted by molar-refractivity contribution is 0.100. The van der Waals surface area contributed by atoms with Gasteiger partial charge >= 0.3 is 0 Å². The number of ketones is 2. The minimum absolute atomic E-state index is 0.0734. The Kier molecular flexibility index (Phi) is 9.11. The van der Waals surface area contributed by atoms with Crippen molar-refractivity contribution in [2.24, 2.45) is 0 Å². The van der Waals surface area contributed by atoms with Gasteiger partial charge in [0, 0.05) is 22.1 Å². The summed E-state index contributed by atoms with van der Waals surface area (Å²) in [6.07, 6.45) is 12.0. The molecule has 0 unspecified atom stereocenters. The monoisotopic (exact) mass is 548 g/mol. The van der Waals surface area contributed by atoms with Crippen molar-refractivity contribution in [3.63, 3.8) is 0 Å². The Balaban J connectivity index is 1.56. The van der Waals surface area contributed by atoms with Crippen molar-refractivity contribution >= 4 is 22.9 Å². The molecule has 1 aromatic heterocycles. The fourth-order valence-electron chi connectivity index (χ4n) is 6.54. The predicted octanol–water partition coefficient (Wildman–Crippen LogP) is 10.4. The average molecular weight is 549 g/mol. The molecule has 0 bridgehead atoms. The Labute approximate surface area is 243 Å². The fraction of sp³-hybridized carbons (Fsp3) is 0.351. The molecule has 0 aliphatic heterocycles. The molecule has 0 N–H and O–H groups in total. The maximum absolute atomic E-state index is 14.1. The van der Waals surface area contributed by atoms with Crippen molar-refractivity contribution in [3.05, 3.63) is 117 Å². The summed E-state index contributed by atoms with van der Waals surface area (Å²) in [5.74, 6) is -0.168. The van der Waals surface area contributed by atoms with Crippen molar-refractivity contribution < 1.29 is 9.59 Å². The van der Waals surface area contributed by atoms with Crippen LogP contribution in [0, 0.1) is 0 Å². The summed E-state index contributed by atoms with van der Waals surface area (Å²) in [6.45, 7) is 4.53. The molecular weight excluding hydrogens is 508 g/mol. The van der Waals surface area contributed by atoms with E-state index in [9.17, 15) is 9.59 Å². The minimum Gasteiger partial charge on any atom is -0.289 e. The highest BCUT2D eigenvalue weighted by Crippen LogP contribution is 2.54. The van der Waals surface area contributed by atoms with Crippen LogP contribution in [-0.4, -0.2) is 11.6 Å². The highest BCUT2D eigenvalue weighted by molar-refractivity contribution is 7.12. The van der Waals surface area contributed by atoms with E-state index in [-0.39, 0.29) is 17.0 Å². The molecule has 0 atom stereocenters. The molecule has 0 amide bonds. The van der Waals surface area contributed by atoms with Gasteiger partial charge in [-0.15, -0.1) is 11.3 Å². The van der Waals surface area contributed by atoms with Crippen LogP contribution in [0.3, 0.4) is 0 Å². The van der Waals surface area contributed by atoms with Gasteiger partial charge in [0.2, 0.25) is 5.78 Å². The van der Waals surface area contributed by atoms with E-state index in [4.69, 9.17) is 0 Å². The van der Waals surface area contributed by atoms with Gasteiger partial charge in [0.15, 0.2) is 5.78 Å². The summed E-state index contributed by atoms with van der Waals surface area (Å²) in [5.41, 5.74) is 6.86. The van der Waals surface area contributed by atoms with Crippen LogP contribution in [0.15, 0.2) is 84.2 Å². The standard InChI is InChI=1S/C37H40O2S/c1-3-5-7-13-23-37(24-14-8-6-4-2)32-19-12-11-16-28(32)29-22-21-27(26-33(29)37)35(38)30-17-9-10-18-31(30)36(39)34-20-15-25-40-34/h9-12,15-22,25-26H,3-8,13-14,23-24H2,1-2H3. The molecule has 206 valence electrons. The number of hydrogen-bond donors (Lipinski definition) is 0. The van der Waals surface area contributed by atoms with Crippen LogP contribution >= 0.6 is 11.3 Å². The predicted molar refractivity (Wildman–Crippen MR) is 168 cm³/mol. The molecule has 0 radical (unpaired) electrons. The Hall–Kier alpha value is -3.30. The second-order valence-corrected chi connectivity index (χ2v) is 12.1. The Morgan fingerprint density at radius 2 is 1.25 bits per heavy atom. The van der Waals surface area contributed by atoms with Crippen LogP contribution in [0.2, 0.25) is 0 Å². The summed E-state index contributed by atoms with van der Waals surface area (Å²) >= 11 is 1.41. The highest BCUT2D eigenvalue weighted by Gasteiger charge is 2.42. The largest absolute Gasteiger partial charge is 0.289 e. The minimum atomic E-state index is -0.0892. The molecule has 3 heteroatoms. The first-order valence-corrected chi connectivity index (χ1v) is 15.9. The normalized spacial score (nSPS) is 13.2. The van der Waals surface area contributed by atoms with E-state index in [1.165, 1.54) is 85.0 Å². The van der Waals surface area contributed by atoms with Crippen LogP contribution in [0.1, 0.15) is 120 Å². The molecule has 3 aromatic carbocycles. The summed E-state index contributed by atoms with van der Waals surface area (Å²) < 4.78 is 0. The molecule has 0 saturated carbocycles. The zero-order chi connectivity index (χ0) is 28.0. The van der Waals surface area contributed by atoms with Crippen molar-refractivity contribution in [1.82, 2.24) is 0 Å². The summed E-state index contributed by atoms with van der Waals surface area (Å²) in [6, 6.07) is 26.2. The molecule has 2 nitrogen and oxygen atoms in total. The van der Waals surface area contributed by atoms with Crippen LogP contribution < -0.4 is 0 Å². The number of thiophene rings is 1. The third-order valence-corrected chi connectivity index (χ3v) is 9.47. The number of hydrogen-bond acceptors (Lipinski definition) is 3. The number of carbonyl (C=O) groups is 2. The van der Waals surface area contributed by atoms with E-state index in [0.717, 1.165) is 12.8 Å². The third kappa shape index (κ3) is 5.49. The maximum Gasteiger partial charge on any atom is 0.203 e. The quantitative estimate of drug-likeness (QED) is 0.116. The van der Waals surface area contributed by atoms with E-state index in [2.05, 4.69) is 50.2 Å². The molecular formula is C37H40O2S. The van der Waals surface area contributed by atoms with E-state index in [1.807, 2.05) is 35.7 Å². The molecule has 1 aliphatic rings. The van der Waals surface area contributed by atoms with Crippen molar-refractivity contribution in [2.45, 2.75) is 83.5 Å². The zero-order valence-electron chi connectivity index (χ0n) is 23.9. The van der Waals surface area contributed by atoms with Gasteiger partial charge in [-0.25, -0.2) is 0 Å². The smallest absolute Gasteiger partial charge is 0.203 e. The Morgan fingerprint density at radius 1 is 0.625 bits per heavy atom. The Bertz CT molecular complexity index is 1450. The first-order valence-electron chi connectivity index (χ1n) is 15.1. The van der Waals surface area contributed by atoms with Gasteiger partial charge < -0.3 is 0 Å². The van der Waals surface area contributed by atoms with Crippen LogP contribution in [0.5, 0.6) is 0 Å². The molecule has 5 rings (SSSR count). The van der Waals surface area contributed by atoms with Crippen molar-refractivity contribution in [2.75, 3.05) is 0 Å². The van der Waals surface area contributed by atoms with Gasteiger partial charge in [-0.1, -0.05) is 132 Å². The van der Waals surface area contributed by atoms with Crippen molar-refractivity contribution in [3.8, 4) is 11.1 Å². The lowest BCUT2D eigenvalue weighted by Crippen LogP contribution is -2.26. The van der Waals surface area contributed by atoms with Gasteiger partial charge in [-0.3, -0.25) is 9.59 Å². The van der Waals surface area contributed by atoms with E-state index in [1.54, 1.807) is 12.1 Å². The van der Waals surface area contributed by atoms with Gasteiger partial charge in [0.05, 0.1) is 4.88 Å². The van der Waals surface area contributed by atoms with Gasteiger partial charge in [0.1, 0.15) is 0 Å². The summed E-state index contributed by atoms with van der Waals surface area (Å²) in [5, 5.41) is 1.90. The van der Waals surface area contributed by atoms with E-state index < -0.39 is 0 Å². The summed E-state index contributed by atoms with van der Waals surface area (Å²) in [4.78, 5) is 28.0. The highest BCUT2D eigenvalue weighted by atomic mass is 32.1. The van der Waals surface area contributed by atoms with Crippen LogP contribution in [0.4, 0.5) is 0 Å². The molecule has 1 aliphatic carbocycles. The second-order valence-electron chi connectivity index (χ2n) is 11.2. The van der Waals surface area contributed by atoms with Gasteiger partial charge in [-0.05, 0) is 52.6 Å². The van der Waals surface area contributed by atoms with Crippen LogP contribution in [-0.2, 0) is 5.41 Å². The van der Waals surface area contributed by atoms with Crippen LogP contribution in [0.25, 0.3) is 11.1 Å². The van der Waals surface area contributed by atoms with E-state index >= 15 is 0 Å². The number of rotatable bonds is 14. The molecule has 40 heavy (non-hydrogen) atoms. The summed E-state index contributed by atoms with van der Waals surface area (Å²) in [7, 11) is 0. The van der Waals surface area contributed by atoms with Gasteiger partial charge in [-0.2, -0.15) is 0 Å². The Morgan fingerprint density at radius 3 is 1.90 bits per heavy atom. The first-order chi connectivity index (χ1) is 19.6. The SMILES string of the molecule is CCCCCCC1(CCCCCC)c2ccccc2-c2ccc(C(=O)c3ccccc3C(=O)c3cccs3)cc21. The molecule has 0 fully saturated rings. The lowest BCUT2D eigenvalue weighted by atomic mass is 9.70. The third-order valence-electron chi connectivity index (χ3n) is 8.61. The maximum atomic E-state index is 14.1. The zero-order valence-corrected chi connectivity index (χ0v) is 24.7. The fourth-order valence-corrected chi connectivity index (χ4v) is 7.22. The molecule has 1 heterocycles. The van der Waals surface area contributed by atoms with Crippen molar-refractivity contribution in [1.29, 1.82) is 0 Å². The first kappa shape index (κ1) is 28.2. The molecule has 0 saturated heterocycles. The topological polar surface area (TPSA) is 34.1 Å². The molecule has 0 spiro atoms. The number of unbranched alkanes of at least 4 members (excludes halogenated alkanes) is 6. The number of carbonyl (C=O) groups excluding carboxylic acids is 2. The van der Waals surface area contributed by atoms with E-state index in [0.29, 0.717) is 21.6 Å². The average Bonchev–Trinajstić information content (AvgIpc) is 3.63. The number of fused-ring (bicyclic) bond motifs is 3. The second kappa shape index (κ2) is 12.9. The number of benzene rings is 3. The lowest BCUT2D eigenvalue weighted by Gasteiger charge is -2.33.